The predicted molar refractivity (Wildman–Crippen MR) is 74.9 cm³/mol. The minimum atomic E-state index is -3.25. The first-order chi connectivity index (χ1) is 9.26. The topological polar surface area (TPSA) is 84.3 Å². The molecule has 112 valence electrons. The zero-order valence-corrected chi connectivity index (χ0v) is 12.8. The molecule has 1 saturated heterocycles. The van der Waals surface area contributed by atoms with E-state index >= 15 is 0 Å². The molecule has 20 heavy (non-hydrogen) atoms. The average molecular weight is 300 g/mol. The second-order valence-corrected chi connectivity index (χ2v) is 7.05. The number of piperidine rings is 1. The summed E-state index contributed by atoms with van der Waals surface area (Å²) in [6, 6.07) is 1.53. The molecule has 1 aromatic heterocycles. The molecule has 1 aliphatic rings. The molecule has 1 N–H and O–H groups in total. The SMILES string of the molecule is Cc1cc(C(=O)N2CCC[C@@H](NS(C)(=O)=O)C2)n(C)n1. The minimum absolute atomic E-state index is 0.104. The monoisotopic (exact) mass is 300 g/mol. The largest absolute Gasteiger partial charge is 0.336 e. The lowest BCUT2D eigenvalue weighted by atomic mass is 10.1. The van der Waals surface area contributed by atoms with Gasteiger partial charge in [0.2, 0.25) is 10.0 Å². The van der Waals surface area contributed by atoms with Crippen molar-refractivity contribution >= 4 is 15.9 Å². The summed E-state index contributed by atoms with van der Waals surface area (Å²) in [6.07, 6.45) is 2.68. The summed E-state index contributed by atoms with van der Waals surface area (Å²) in [5.74, 6) is -0.104. The van der Waals surface area contributed by atoms with Crippen LogP contribution in [0.4, 0.5) is 0 Å². The van der Waals surface area contributed by atoms with Crippen LogP contribution in [-0.4, -0.2) is 54.4 Å². The van der Waals surface area contributed by atoms with Gasteiger partial charge in [-0.05, 0) is 25.8 Å². The van der Waals surface area contributed by atoms with Crippen LogP contribution < -0.4 is 4.72 Å². The van der Waals surface area contributed by atoms with E-state index < -0.39 is 10.0 Å². The molecule has 0 bridgehead atoms. The molecule has 0 unspecified atom stereocenters. The van der Waals surface area contributed by atoms with Crippen LogP contribution in [-0.2, 0) is 17.1 Å². The maximum atomic E-state index is 12.4. The zero-order chi connectivity index (χ0) is 14.9. The highest BCUT2D eigenvalue weighted by atomic mass is 32.2. The third-order valence-electron chi connectivity index (χ3n) is 3.31. The smallest absolute Gasteiger partial charge is 0.272 e. The normalized spacial score (nSPS) is 20.1. The van der Waals surface area contributed by atoms with Crippen molar-refractivity contribution in [3.8, 4) is 0 Å². The summed E-state index contributed by atoms with van der Waals surface area (Å²) in [7, 11) is -1.51. The van der Waals surface area contributed by atoms with Gasteiger partial charge in [0.05, 0.1) is 11.9 Å². The lowest BCUT2D eigenvalue weighted by molar-refractivity contribution is 0.0692. The highest BCUT2D eigenvalue weighted by Crippen LogP contribution is 2.14. The molecule has 1 amide bonds. The Hall–Kier alpha value is -1.41. The van der Waals surface area contributed by atoms with Crippen LogP contribution in [0.15, 0.2) is 6.07 Å². The van der Waals surface area contributed by atoms with Crippen molar-refractivity contribution in [3.63, 3.8) is 0 Å². The number of carbonyl (C=O) groups is 1. The van der Waals surface area contributed by atoms with E-state index in [1.165, 1.54) is 0 Å². The molecule has 0 saturated carbocycles. The number of nitrogens with one attached hydrogen (secondary N) is 1. The molecule has 2 rings (SSSR count). The number of aryl methyl sites for hydroxylation is 2. The van der Waals surface area contributed by atoms with Gasteiger partial charge in [0.15, 0.2) is 0 Å². The van der Waals surface area contributed by atoms with E-state index in [1.807, 2.05) is 6.92 Å². The van der Waals surface area contributed by atoms with E-state index in [-0.39, 0.29) is 11.9 Å². The summed E-state index contributed by atoms with van der Waals surface area (Å²) in [6.45, 7) is 2.88. The molecule has 1 fully saturated rings. The van der Waals surface area contributed by atoms with Crippen molar-refractivity contribution in [1.82, 2.24) is 19.4 Å². The molecule has 1 aromatic rings. The van der Waals surface area contributed by atoms with Crippen molar-refractivity contribution in [2.45, 2.75) is 25.8 Å². The van der Waals surface area contributed by atoms with Gasteiger partial charge in [-0.25, -0.2) is 13.1 Å². The van der Waals surface area contributed by atoms with Gasteiger partial charge in [0.25, 0.3) is 5.91 Å². The number of likely N-dealkylation sites (tertiary alicyclic amines) is 1. The first-order valence-corrected chi connectivity index (χ1v) is 8.42. The van der Waals surface area contributed by atoms with Crippen molar-refractivity contribution in [2.24, 2.45) is 7.05 Å². The van der Waals surface area contributed by atoms with Crippen molar-refractivity contribution < 1.29 is 13.2 Å². The first-order valence-electron chi connectivity index (χ1n) is 6.53. The molecule has 0 spiro atoms. The van der Waals surface area contributed by atoms with Gasteiger partial charge in [-0.2, -0.15) is 5.10 Å². The minimum Gasteiger partial charge on any atom is -0.336 e. The fourth-order valence-corrected chi connectivity index (χ4v) is 3.33. The number of hydrogen-bond acceptors (Lipinski definition) is 4. The molecule has 0 aromatic carbocycles. The van der Waals surface area contributed by atoms with E-state index in [2.05, 4.69) is 9.82 Å². The number of rotatable bonds is 3. The fourth-order valence-electron chi connectivity index (χ4n) is 2.53. The van der Waals surface area contributed by atoms with Crippen LogP contribution in [0.1, 0.15) is 29.0 Å². The number of aromatic nitrogens is 2. The third kappa shape index (κ3) is 3.57. The fraction of sp³-hybridized carbons (Fsp3) is 0.667. The summed E-state index contributed by atoms with van der Waals surface area (Å²) in [5, 5.41) is 4.16. The van der Waals surface area contributed by atoms with Crippen LogP contribution in [0, 0.1) is 6.92 Å². The first kappa shape index (κ1) is 15.0. The molecule has 2 heterocycles. The van der Waals surface area contributed by atoms with Crippen molar-refractivity contribution in [3.05, 3.63) is 17.5 Å². The molecular formula is C12H20N4O3S. The van der Waals surface area contributed by atoms with E-state index in [1.54, 1.807) is 22.7 Å². The molecule has 1 aliphatic heterocycles. The molecule has 0 aliphatic carbocycles. The Labute approximate surface area is 119 Å². The predicted octanol–water partition coefficient (Wildman–Crippen LogP) is -0.118. The lowest BCUT2D eigenvalue weighted by Gasteiger charge is -2.32. The number of hydrogen-bond donors (Lipinski definition) is 1. The Kier molecular flexibility index (Phi) is 4.14. The van der Waals surface area contributed by atoms with E-state index in [0.717, 1.165) is 24.8 Å². The van der Waals surface area contributed by atoms with Crippen LogP contribution >= 0.6 is 0 Å². The number of amides is 1. The van der Waals surface area contributed by atoms with Gasteiger partial charge in [0, 0.05) is 26.2 Å². The average Bonchev–Trinajstić information content (AvgIpc) is 2.65. The summed E-state index contributed by atoms with van der Waals surface area (Å²) < 4.78 is 26.7. The van der Waals surface area contributed by atoms with Crippen LogP contribution in [0.25, 0.3) is 0 Å². The van der Waals surface area contributed by atoms with Gasteiger partial charge in [0.1, 0.15) is 5.69 Å². The van der Waals surface area contributed by atoms with Gasteiger partial charge >= 0.3 is 0 Å². The molecular weight excluding hydrogens is 280 g/mol. The zero-order valence-electron chi connectivity index (χ0n) is 12.0. The highest BCUT2D eigenvalue weighted by molar-refractivity contribution is 7.88. The molecule has 7 nitrogen and oxygen atoms in total. The standard InChI is InChI=1S/C12H20N4O3S/c1-9-7-11(15(2)13-9)12(17)16-6-4-5-10(8-16)14-20(3,18)19/h7,10,14H,4-6,8H2,1-3H3/t10-/m1/s1. The number of nitrogens with zero attached hydrogens (tertiary/aromatic N) is 3. The number of carbonyl (C=O) groups excluding carboxylic acids is 1. The summed E-state index contributed by atoms with van der Waals surface area (Å²) in [5.41, 5.74) is 1.32. The van der Waals surface area contributed by atoms with Gasteiger partial charge in [-0.3, -0.25) is 9.48 Å². The third-order valence-corrected chi connectivity index (χ3v) is 4.07. The Morgan fingerprint density at radius 2 is 2.20 bits per heavy atom. The Balaban J connectivity index is 2.09. The Bertz CT molecular complexity index is 608. The maximum absolute atomic E-state index is 12.4. The summed E-state index contributed by atoms with van der Waals surface area (Å²) in [4.78, 5) is 14.1. The van der Waals surface area contributed by atoms with Crippen molar-refractivity contribution in [1.29, 1.82) is 0 Å². The Morgan fingerprint density at radius 1 is 1.50 bits per heavy atom. The Morgan fingerprint density at radius 3 is 2.75 bits per heavy atom. The summed E-state index contributed by atoms with van der Waals surface area (Å²) >= 11 is 0. The van der Waals surface area contributed by atoms with Gasteiger partial charge in [-0.1, -0.05) is 0 Å². The van der Waals surface area contributed by atoms with Crippen LogP contribution in [0.5, 0.6) is 0 Å². The second-order valence-electron chi connectivity index (χ2n) is 5.27. The second kappa shape index (κ2) is 5.53. The maximum Gasteiger partial charge on any atom is 0.272 e. The lowest BCUT2D eigenvalue weighted by Crippen LogP contribution is -2.49. The highest BCUT2D eigenvalue weighted by Gasteiger charge is 2.27. The van der Waals surface area contributed by atoms with Crippen LogP contribution in [0.2, 0.25) is 0 Å². The number of sulfonamides is 1. The molecule has 1 atom stereocenters. The molecule has 0 radical (unpaired) electrons. The van der Waals surface area contributed by atoms with Crippen LogP contribution in [0.3, 0.4) is 0 Å². The van der Waals surface area contributed by atoms with E-state index in [0.29, 0.717) is 18.8 Å². The van der Waals surface area contributed by atoms with Gasteiger partial charge in [-0.15, -0.1) is 0 Å². The molecule has 8 heteroatoms. The quantitative estimate of drug-likeness (QED) is 0.843. The van der Waals surface area contributed by atoms with E-state index in [4.69, 9.17) is 0 Å². The van der Waals surface area contributed by atoms with Gasteiger partial charge < -0.3 is 4.90 Å². The van der Waals surface area contributed by atoms with Crippen molar-refractivity contribution in [2.75, 3.05) is 19.3 Å². The van der Waals surface area contributed by atoms with E-state index in [9.17, 15) is 13.2 Å².